The molecule has 3 atom stereocenters. The Hall–Kier alpha value is -6.58. The van der Waals surface area contributed by atoms with Gasteiger partial charge in [0.25, 0.3) is 5.56 Å². The number of carbonyl (C=O) groups is 7. The summed E-state index contributed by atoms with van der Waals surface area (Å²) in [6.07, 6.45) is 7.69. The Balaban J connectivity index is 0.842. The molecule has 0 saturated heterocycles. The number of fused-ring (bicyclic) bond motifs is 5. The van der Waals surface area contributed by atoms with Crippen molar-refractivity contribution in [3.63, 3.8) is 0 Å². The molecule has 7 N–H and O–H groups in total. The van der Waals surface area contributed by atoms with E-state index in [1.807, 2.05) is 13.0 Å². The zero-order valence-electron chi connectivity index (χ0n) is 37.6. The zero-order valence-corrected chi connectivity index (χ0v) is 37.6. The van der Waals surface area contributed by atoms with E-state index in [2.05, 4.69) is 31.9 Å². The first-order chi connectivity index (χ1) is 32.1. The Morgan fingerprint density at radius 3 is 2.19 bits per heavy atom. The number of pyridine rings is 2. The second-order valence-corrected chi connectivity index (χ2v) is 17.1. The summed E-state index contributed by atoms with van der Waals surface area (Å²) in [7, 11) is 0. The van der Waals surface area contributed by atoms with Crippen molar-refractivity contribution in [1.82, 2.24) is 41.5 Å². The van der Waals surface area contributed by atoms with Crippen LogP contribution in [0.3, 0.4) is 0 Å². The average Bonchev–Trinajstić information content (AvgIpc) is 3.67. The van der Waals surface area contributed by atoms with Gasteiger partial charge < -0.3 is 55.8 Å². The van der Waals surface area contributed by atoms with Crippen molar-refractivity contribution < 1.29 is 57.3 Å². The molecule has 20 nitrogen and oxygen atoms in total. The fraction of sp³-hybridized carbons (Fsp3) is 0.500. The summed E-state index contributed by atoms with van der Waals surface area (Å²) in [5.41, 5.74) is 2.50. The number of aliphatic hydroxyl groups is 1. The minimum Gasteiger partial charge on any atom is -0.458 e. The Morgan fingerprint density at radius 1 is 0.836 bits per heavy atom. The second-order valence-electron chi connectivity index (χ2n) is 17.1. The van der Waals surface area contributed by atoms with Crippen LogP contribution in [0.2, 0.25) is 0 Å². The standard InChI is InChI=1S/C46H55FN8O12/c1-4-46(64)30-13-34-43-28(19-55(34)44(62)29(30)20-67-45(46)63)42-32(11-10-27-25(3)31(47)14-33(54-43)41(27)42)53-40(61)21-65-23-52-38(59)18-50-36(57)16-48-35(56)15-49-37(58)17-51-39(60)22-66-26-9-7-5-6-8-24(2)12-26/h12-14,26,32,64H,4-11,15-23H2,1-3H3,(H,48,56)(H,49,58)(H,50,57)(H,51,60)(H,52,59)(H,53,61)/b24-12-/t26?,32-,46-/m0/s1. The molecule has 1 aromatic carbocycles. The van der Waals surface area contributed by atoms with Crippen LogP contribution in [0, 0.1) is 12.7 Å². The van der Waals surface area contributed by atoms with Gasteiger partial charge in [-0.3, -0.25) is 33.6 Å². The molecule has 21 heteroatoms. The van der Waals surface area contributed by atoms with Crippen molar-refractivity contribution in [2.75, 3.05) is 46.1 Å². The van der Waals surface area contributed by atoms with Crippen LogP contribution in [0.5, 0.6) is 0 Å². The summed E-state index contributed by atoms with van der Waals surface area (Å²) < 4.78 is 33.0. The lowest BCUT2D eigenvalue weighted by Crippen LogP contribution is -2.46. The third-order valence-corrected chi connectivity index (χ3v) is 12.6. The Labute approximate surface area is 384 Å². The number of halogens is 1. The highest BCUT2D eigenvalue weighted by Crippen LogP contribution is 2.46. The highest BCUT2D eigenvalue weighted by molar-refractivity contribution is 5.94. The van der Waals surface area contributed by atoms with Gasteiger partial charge in [0.05, 0.1) is 67.3 Å². The van der Waals surface area contributed by atoms with Crippen molar-refractivity contribution in [2.45, 2.75) is 103 Å². The third kappa shape index (κ3) is 10.8. The highest BCUT2D eigenvalue weighted by Gasteiger charge is 2.46. The lowest BCUT2D eigenvalue weighted by Gasteiger charge is -2.31. The minimum atomic E-state index is -2.04. The van der Waals surface area contributed by atoms with Crippen molar-refractivity contribution in [3.8, 4) is 11.4 Å². The van der Waals surface area contributed by atoms with E-state index >= 15 is 4.39 Å². The molecule has 1 unspecified atom stereocenters. The first-order valence-corrected chi connectivity index (χ1v) is 22.4. The van der Waals surface area contributed by atoms with Crippen LogP contribution in [0.15, 0.2) is 28.6 Å². The maximum Gasteiger partial charge on any atom is 0.343 e. The SMILES string of the molecule is CC[C@@]1(O)C(=O)OCc2c1cc1n(c2=O)Cc2c-1nc1cc(F)c(C)c3c1c2[C@@H](NC(=O)COCNC(=O)CNC(=O)CNC(=O)CNC(=O)CNC(=O)COC1/C=C(/C)CCCCC1)CC3. The molecular formula is C46H55FN8O12. The summed E-state index contributed by atoms with van der Waals surface area (Å²) in [4.78, 5) is 106. The molecule has 0 fully saturated rings. The van der Waals surface area contributed by atoms with E-state index in [4.69, 9.17) is 19.2 Å². The number of amides is 6. The van der Waals surface area contributed by atoms with E-state index in [1.165, 1.54) is 16.2 Å². The maximum absolute atomic E-state index is 15.3. The van der Waals surface area contributed by atoms with Gasteiger partial charge in [-0.05, 0) is 75.1 Å². The summed E-state index contributed by atoms with van der Waals surface area (Å²) in [5.74, 6) is -4.97. The third-order valence-electron chi connectivity index (χ3n) is 12.6. The van der Waals surface area contributed by atoms with Crippen LogP contribution in [0.25, 0.3) is 22.3 Å². The van der Waals surface area contributed by atoms with E-state index in [0.29, 0.717) is 51.8 Å². The minimum absolute atomic E-state index is 0.0391. The number of ether oxygens (including phenoxy) is 3. The number of carbonyl (C=O) groups excluding carboxylic acids is 7. The molecule has 4 heterocycles. The van der Waals surface area contributed by atoms with Crippen molar-refractivity contribution in [3.05, 3.63) is 73.3 Å². The molecule has 2 aliphatic carbocycles. The molecule has 0 spiro atoms. The summed E-state index contributed by atoms with van der Waals surface area (Å²) in [6, 6.07) is 2.28. The largest absolute Gasteiger partial charge is 0.458 e. The van der Waals surface area contributed by atoms with Gasteiger partial charge in [-0.1, -0.05) is 31.4 Å². The first-order valence-electron chi connectivity index (χ1n) is 22.4. The van der Waals surface area contributed by atoms with E-state index in [1.54, 1.807) is 19.9 Å². The highest BCUT2D eigenvalue weighted by atomic mass is 19.1. The number of aryl methyl sites for hydroxylation is 1. The number of rotatable bonds is 17. The Bertz CT molecular complexity index is 2610. The number of aromatic nitrogens is 2. The smallest absolute Gasteiger partial charge is 0.343 e. The molecule has 3 aromatic rings. The molecule has 0 bridgehead atoms. The fourth-order valence-corrected chi connectivity index (χ4v) is 8.95. The maximum atomic E-state index is 15.3. The van der Waals surface area contributed by atoms with Crippen LogP contribution in [-0.2, 0) is 72.9 Å². The van der Waals surface area contributed by atoms with Crippen molar-refractivity contribution >= 4 is 52.3 Å². The van der Waals surface area contributed by atoms with Gasteiger partial charge in [-0.2, -0.15) is 0 Å². The number of cyclic esters (lactones) is 1. The van der Waals surface area contributed by atoms with Crippen LogP contribution >= 0.6 is 0 Å². The van der Waals surface area contributed by atoms with Gasteiger partial charge >= 0.3 is 5.97 Å². The second kappa shape index (κ2) is 20.9. The molecule has 358 valence electrons. The van der Waals surface area contributed by atoms with Gasteiger partial charge in [-0.15, -0.1) is 0 Å². The number of hydrogen-bond acceptors (Lipinski definition) is 13. The predicted octanol–water partition coefficient (Wildman–Crippen LogP) is 0.481. The number of esters is 1. The Morgan fingerprint density at radius 2 is 1.51 bits per heavy atom. The molecule has 2 aliphatic heterocycles. The monoisotopic (exact) mass is 930 g/mol. The van der Waals surface area contributed by atoms with Crippen LogP contribution in [0.4, 0.5) is 4.39 Å². The van der Waals surface area contributed by atoms with Gasteiger partial charge in [0.2, 0.25) is 35.4 Å². The summed E-state index contributed by atoms with van der Waals surface area (Å²) in [5, 5.41) is 26.8. The molecule has 67 heavy (non-hydrogen) atoms. The van der Waals surface area contributed by atoms with E-state index < -0.39 is 90.7 Å². The summed E-state index contributed by atoms with van der Waals surface area (Å²) in [6.45, 7) is 2.23. The van der Waals surface area contributed by atoms with Gasteiger partial charge in [0.15, 0.2) is 5.60 Å². The summed E-state index contributed by atoms with van der Waals surface area (Å²) >= 11 is 0. The normalized spacial score (nSPS) is 20.1. The van der Waals surface area contributed by atoms with Gasteiger partial charge in [0.1, 0.15) is 32.4 Å². The number of benzene rings is 1. The number of allylic oxidation sites excluding steroid dienone is 1. The number of nitrogens with one attached hydrogen (secondary N) is 6. The fourth-order valence-electron chi connectivity index (χ4n) is 8.95. The first kappa shape index (κ1) is 48.4. The molecule has 0 saturated carbocycles. The van der Waals surface area contributed by atoms with E-state index in [9.17, 15) is 43.5 Å². The average molecular weight is 931 g/mol. The lowest BCUT2D eigenvalue weighted by molar-refractivity contribution is -0.172. The van der Waals surface area contributed by atoms with Crippen LogP contribution < -0.4 is 37.5 Å². The topological polar surface area (TPSA) is 274 Å². The number of hydrogen-bond donors (Lipinski definition) is 7. The van der Waals surface area contributed by atoms with Crippen molar-refractivity contribution in [2.24, 2.45) is 0 Å². The van der Waals surface area contributed by atoms with Gasteiger partial charge in [0, 0.05) is 22.6 Å². The molecule has 2 aromatic heterocycles. The van der Waals surface area contributed by atoms with Gasteiger partial charge in [-0.25, -0.2) is 14.2 Å². The van der Waals surface area contributed by atoms with Crippen molar-refractivity contribution in [1.29, 1.82) is 0 Å². The van der Waals surface area contributed by atoms with E-state index in [0.717, 1.165) is 37.7 Å². The quantitative estimate of drug-likeness (QED) is 0.0329. The molecular weight excluding hydrogens is 876 g/mol. The molecule has 0 radical (unpaired) electrons. The van der Waals surface area contributed by atoms with E-state index in [-0.39, 0.29) is 56.7 Å². The predicted molar refractivity (Wildman–Crippen MR) is 236 cm³/mol. The molecule has 4 aliphatic rings. The molecule has 6 amide bonds. The lowest BCUT2D eigenvalue weighted by atomic mass is 9.81. The number of nitrogens with zero attached hydrogens (tertiary/aromatic N) is 2. The van der Waals surface area contributed by atoms with Crippen LogP contribution in [0.1, 0.15) is 98.2 Å². The zero-order chi connectivity index (χ0) is 48.0. The molecule has 7 rings (SSSR count). The Kier molecular flexibility index (Phi) is 15.1. The van der Waals surface area contributed by atoms with Crippen LogP contribution in [-0.4, -0.2) is 108 Å².